The third kappa shape index (κ3) is 4.77. The van der Waals surface area contributed by atoms with E-state index in [4.69, 9.17) is 0 Å². The van der Waals surface area contributed by atoms with E-state index in [0.29, 0.717) is 43.7 Å². The van der Waals surface area contributed by atoms with Crippen LogP contribution in [0.15, 0.2) is 53.3 Å². The number of para-hydroxylation sites is 1. The van der Waals surface area contributed by atoms with Crippen molar-refractivity contribution in [2.45, 2.75) is 31.9 Å². The van der Waals surface area contributed by atoms with Crippen LogP contribution in [0.1, 0.15) is 29.8 Å². The summed E-state index contributed by atoms with van der Waals surface area (Å²) in [5.41, 5.74) is 1.94. The van der Waals surface area contributed by atoms with Gasteiger partial charge in [0.25, 0.3) is 0 Å². The van der Waals surface area contributed by atoms with Gasteiger partial charge in [0.15, 0.2) is 0 Å². The first-order valence-corrected chi connectivity index (χ1v) is 11.9. The molecule has 164 valence electrons. The van der Waals surface area contributed by atoms with Crippen molar-refractivity contribution in [1.29, 1.82) is 0 Å². The van der Waals surface area contributed by atoms with Gasteiger partial charge in [-0.2, -0.15) is 5.10 Å². The summed E-state index contributed by atoms with van der Waals surface area (Å²) in [5, 5.41) is 6.76. The van der Waals surface area contributed by atoms with Gasteiger partial charge in [-0.05, 0) is 55.0 Å². The Bertz CT molecular complexity index is 1230. The second-order valence-electron chi connectivity index (χ2n) is 8.00. The molecule has 0 unspecified atom stereocenters. The summed E-state index contributed by atoms with van der Waals surface area (Å²) in [5.74, 6) is 0.228. The second-order valence-corrected chi connectivity index (χ2v) is 9.97. The second kappa shape index (κ2) is 8.76. The van der Waals surface area contributed by atoms with Crippen LogP contribution in [-0.2, 0) is 22.2 Å². The predicted octanol–water partition coefficient (Wildman–Crippen LogP) is 2.79. The number of sulfonamides is 1. The minimum Gasteiger partial charge on any atom is -0.247 e. The first-order chi connectivity index (χ1) is 14.8. The average molecular weight is 445 g/mol. The highest BCUT2D eigenvalue weighted by Crippen LogP contribution is 2.25. The van der Waals surface area contributed by atoms with Crippen molar-refractivity contribution in [3.63, 3.8) is 0 Å². The van der Waals surface area contributed by atoms with Crippen molar-refractivity contribution < 1.29 is 12.8 Å². The molecule has 7 nitrogen and oxygen atoms in total. The Hall–Kier alpha value is -2.78. The number of benzene rings is 2. The smallest absolute Gasteiger partial charge is 0.247 e. The third-order valence-corrected chi connectivity index (χ3v) is 7.62. The topological polar surface area (TPSA) is 88.1 Å². The molecule has 0 bridgehead atoms. The molecule has 9 heteroatoms. The molecule has 1 aromatic heterocycles. The maximum Gasteiger partial charge on any atom is 0.347 e. The van der Waals surface area contributed by atoms with Crippen molar-refractivity contribution in [3.8, 4) is 5.69 Å². The highest BCUT2D eigenvalue weighted by molar-refractivity contribution is 7.88. The van der Waals surface area contributed by atoms with Crippen LogP contribution >= 0.6 is 0 Å². The largest absolute Gasteiger partial charge is 0.347 e. The summed E-state index contributed by atoms with van der Waals surface area (Å²) in [6, 6.07) is 13.3. The molecule has 2 heterocycles. The number of aromatic nitrogens is 3. The fraction of sp³-hybridized carbons (Fsp3) is 0.364. The standard InChI is InChI=1S/C22H25FN4O3S/c1-16-5-2-3-8-20(16)27-21(24-25-22(27)28)14-17-9-11-26(12-10-17)31(29,30)15-18-6-4-7-19(23)13-18/h2-8,13,17H,9-12,14-15H2,1H3,(H,25,28). The fourth-order valence-corrected chi connectivity index (χ4v) is 5.66. The Balaban J connectivity index is 1.42. The SMILES string of the molecule is Cc1ccccc1-n1c(CC2CCN(S(=O)(=O)Cc3cccc(F)c3)CC2)n[nH]c1=O. The molecule has 2 aromatic carbocycles. The van der Waals surface area contributed by atoms with Crippen LogP contribution < -0.4 is 5.69 Å². The van der Waals surface area contributed by atoms with Crippen molar-refractivity contribution in [2.75, 3.05) is 13.1 Å². The van der Waals surface area contributed by atoms with E-state index in [1.807, 2.05) is 31.2 Å². The van der Waals surface area contributed by atoms with Gasteiger partial charge in [-0.25, -0.2) is 31.6 Å². The zero-order valence-electron chi connectivity index (χ0n) is 17.3. The Kier molecular flexibility index (Phi) is 6.06. The number of nitrogens with one attached hydrogen (secondary N) is 1. The molecule has 1 aliphatic heterocycles. The molecule has 1 fully saturated rings. The zero-order chi connectivity index (χ0) is 22.0. The van der Waals surface area contributed by atoms with Crippen LogP contribution in [0, 0.1) is 18.7 Å². The van der Waals surface area contributed by atoms with Crippen LogP contribution in [0.25, 0.3) is 5.69 Å². The molecule has 0 spiro atoms. The first-order valence-electron chi connectivity index (χ1n) is 10.3. The van der Waals surface area contributed by atoms with E-state index in [2.05, 4.69) is 10.2 Å². The molecular formula is C22H25FN4O3S. The summed E-state index contributed by atoms with van der Waals surface area (Å²) in [6.45, 7) is 2.75. The van der Waals surface area contributed by atoms with E-state index in [1.54, 1.807) is 10.6 Å². The number of rotatable bonds is 6. The quantitative estimate of drug-likeness (QED) is 0.633. The van der Waals surface area contributed by atoms with Crippen LogP contribution in [0.2, 0.25) is 0 Å². The fourth-order valence-electron chi connectivity index (χ4n) is 4.11. The van der Waals surface area contributed by atoms with Crippen molar-refractivity contribution in [1.82, 2.24) is 19.1 Å². The number of nitrogens with zero attached hydrogens (tertiary/aromatic N) is 3. The molecule has 0 atom stereocenters. The van der Waals surface area contributed by atoms with E-state index >= 15 is 0 Å². The lowest BCUT2D eigenvalue weighted by atomic mass is 9.94. The van der Waals surface area contributed by atoms with Crippen molar-refractivity contribution in [3.05, 3.63) is 81.8 Å². The van der Waals surface area contributed by atoms with Gasteiger partial charge in [-0.1, -0.05) is 30.3 Å². The van der Waals surface area contributed by atoms with E-state index in [1.165, 1.54) is 22.5 Å². The van der Waals surface area contributed by atoms with Gasteiger partial charge >= 0.3 is 5.69 Å². The minimum absolute atomic E-state index is 0.207. The van der Waals surface area contributed by atoms with Gasteiger partial charge in [0.05, 0.1) is 11.4 Å². The summed E-state index contributed by atoms with van der Waals surface area (Å²) >= 11 is 0. The summed E-state index contributed by atoms with van der Waals surface area (Å²) < 4.78 is 42.0. The van der Waals surface area contributed by atoms with E-state index in [-0.39, 0.29) is 17.4 Å². The molecule has 0 amide bonds. The highest BCUT2D eigenvalue weighted by Gasteiger charge is 2.29. The van der Waals surface area contributed by atoms with Gasteiger partial charge in [-0.3, -0.25) is 0 Å². The molecule has 1 aliphatic rings. The number of hydrogen-bond donors (Lipinski definition) is 1. The number of halogens is 1. The summed E-state index contributed by atoms with van der Waals surface area (Å²) in [7, 11) is -3.51. The molecule has 4 rings (SSSR count). The van der Waals surface area contributed by atoms with Gasteiger partial charge < -0.3 is 0 Å². The van der Waals surface area contributed by atoms with Gasteiger partial charge in [0.1, 0.15) is 11.6 Å². The van der Waals surface area contributed by atoms with E-state index < -0.39 is 15.8 Å². The third-order valence-electron chi connectivity index (χ3n) is 5.77. The molecule has 1 saturated heterocycles. The molecule has 0 radical (unpaired) electrons. The lowest BCUT2D eigenvalue weighted by Crippen LogP contribution is -2.39. The number of H-pyrrole nitrogens is 1. The Morgan fingerprint density at radius 1 is 1.13 bits per heavy atom. The van der Waals surface area contributed by atoms with Crippen LogP contribution in [0.3, 0.4) is 0 Å². The van der Waals surface area contributed by atoms with Crippen molar-refractivity contribution >= 4 is 10.0 Å². The zero-order valence-corrected chi connectivity index (χ0v) is 18.1. The highest BCUT2D eigenvalue weighted by atomic mass is 32.2. The van der Waals surface area contributed by atoms with Gasteiger partial charge in [-0.15, -0.1) is 0 Å². The molecule has 0 saturated carbocycles. The molecular weight excluding hydrogens is 419 g/mol. The molecule has 31 heavy (non-hydrogen) atoms. The number of aryl methyl sites for hydroxylation is 1. The average Bonchev–Trinajstić information content (AvgIpc) is 3.08. The predicted molar refractivity (Wildman–Crippen MR) is 116 cm³/mol. The Morgan fingerprint density at radius 3 is 2.58 bits per heavy atom. The maximum absolute atomic E-state index is 13.4. The van der Waals surface area contributed by atoms with Crippen LogP contribution in [0.4, 0.5) is 4.39 Å². The molecule has 0 aliphatic carbocycles. The van der Waals surface area contributed by atoms with Crippen LogP contribution in [0.5, 0.6) is 0 Å². The van der Waals surface area contributed by atoms with Crippen LogP contribution in [-0.4, -0.2) is 40.6 Å². The Morgan fingerprint density at radius 2 is 1.87 bits per heavy atom. The molecule has 1 N–H and O–H groups in total. The summed E-state index contributed by atoms with van der Waals surface area (Å²) in [4.78, 5) is 12.3. The number of hydrogen-bond acceptors (Lipinski definition) is 4. The van der Waals surface area contributed by atoms with E-state index in [0.717, 1.165) is 11.3 Å². The number of aromatic amines is 1. The molecule has 3 aromatic rings. The van der Waals surface area contributed by atoms with Gasteiger partial charge in [0, 0.05) is 19.5 Å². The first kappa shape index (κ1) is 21.5. The normalized spacial score (nSPS) is 15.9. The lowest BCUT2D eigenvalue weighted by Gasteiger charge is -2.31. The van der Waals surface area contributed by atoms with E-state index in [9.17, 15) is 17.6 Å². The maximum atomic E-state index is 13.4. The van der Waals surface area contributed by atoms with Crippen molar-refractivity contribution in [2.24, 2.45) is 5.92 Å². The lowest BCUT2D eigenvalue weighted by molar-refractivity contribution is 0.269. The Labute approximate surface area is 180 Å². The van der Waals surface area contributed by atoms with Gasteiger partial charge in [0.2, 0.25) is 10.0 Å². The number of piperidine rings is 1. The monoisotopic (exact) mass is 444 g/mol. The summed E-state index contributed by atoms with van der Waals surface area (Å²) in [6.07, 6.45) is 1.94. The minimum atomic E-state index is -3.51.